The standard InChI is InChI=1S/C36H40N8O5/c1-7-37-34(45)25-12-8-21(15-28(25)48-5)31-29(20-9-13-26-22(14-20)17-39-44(26)19(2)3)30-32-27(18-38-33(30)41-31)42(4)36(47)43(32)24-11-10-23(16-24)40-35(46)49-6/h8-9,12-15,17-19,23-24H,7,10-11,16H2,1-6H3,(H,37,45)(H,38,41)(H,40,46)/t23-,24-/m1/s1. The second-order valence-electron chi connectivity index (χ2n) is 12.8. The lowest BCUT2D eigenvalue weighted by molar-refractivity contribution is 0.0952. The van der Waals surface area contributed by atoms with E-state index in [-0.39, 0.29) is 29.7 Å². The number of hydrogen-bond donors (Lipinski definition) is 3. The second kappa shape index (κ2) is 12.5. The summed E-state index contributed by atoms with van der Waals surface area (Å²) in [6, 6.07) is 11.7. The van der Waals surface area contributed by atoms with E-state index in [1.165, 1.54) is 7.11 Å². The molecule has 1 saturated carbocycles. The van der Waals surface area contributed by atoms with Crippen molar-refractivity contribution in [1.82, 2.24) is 39.5 Å². The van der Waals surface area contributed by atoms with Crippen LogP contribution in [0, 0.1) is 0 Å². The highest BCUT2D eigenvalue weighted by molar-refractivity contribution is 6.15. The third-order valence-electron chi connectivity index (χ3n) is 9.59. The molecule has 13 nitrogen and oxygen atoms in total. The summed E-state index contributed by atoms with van der Waals surface area (Å²) in [4.78, 5) is 47.3. The average molecular weight is 665 g/mol. The third kappa shape index (κ3) is 5.29. The van der Waals surface area contributed by atoms with Crippen LogP contribution in [0.4, 0.5) is 4.79 Å². The molecule has 254 valence electrons. The van der Waals surface area contributed by atoms with Gasteiger partial charge in [-0.3, -0.25) is 18.6 Å². The second-order valence-corrected chi connectivity index (χ2v) is 12.8. The number of carbonyl (C=O) groups is 2. The van der Waals surface area contributed by atoms with Crippen molar-refractivity contribution in [2.24, 2.45) is 7.05 Å². The molecule has 0 saturated heterocycles. The lowest BCUT2D eigenvalue weighted by Crippen LogP contribution is -2.33. The molecular formula is C36H40N8O5. The number of benzene rings is 2. The van der Waals surface area contributed by atoms with Crippen LogP contribution < -0.4 is 21.1 Å². The SMILES string of the molecule is CCNC(=O)c1ccc(-c2[nH]c3ncc4c(c3c2-c2ccc3c(cnn3C(C)C)c2)n([C@@H]2CC[C@@H](NC(=O)OC)C2)c(=O)n4C)cc1OC. The van der Waals surface area contributed by atoms with Crippen molar-refractivity contribution in [3.8, 4) is 28.1 Å². The lowest BCUT2D eigenvalue weighted by Gasteiger charge is -2.15. The molecule has 0 radical (unpaired) electrons. The van der Waals surface area contributed by atoms with E-state index in [1.807, 2.05) is 34.5 Å². The fourth-order valence-corrected chi connectivity index (χ4v) is 7.28. The van der Waals surface area contributed by atoms with Crippen LogP contribution in [0.2, 0.25) is 0 Å². The molecule has 0 aliphatic heterocycles. The number of H-pyrrole nitrogens is 1. The largest absolute Gasteiger partial charge is 0.496 e. The van der Waals surface area contributed by atoms with Crippen molar-refractivity contribution in [3.05, 3.63) is 64.8 Å². The van der Waals surface area contributed by atoms with Crippen LogP contribution in [0.1, 0.15) is 62.5 Å². The molecule has 6 aromatic rings. The topological polar surface area (TPSA) is 150 Å². The van der Waals surface area contributed by atoms with Crippen molar-refractivity contribution < 1.29 is 19.1 Å². The molecule has 4 aromatic heterocycles. The summed E-state index contributed by atoms with van der Waals surface area (Å²) in [6.45, 7) is 6.56. The van der Waals surface area contributed by atoms with Crippen LogP contribution in [-0.4, -0.2) is 67.7 Å². The first-order chi connectivity index (χ1) is 23.6. The van der Waals surface area contributed by atoms with E-state index >= 15 is 0 Å². The quantitative estimate of drug-likeness (QED) is 0.189. The van der Waals surface area contributed by atoms with Crippen molar-refractivity contribution in [3.63, 3.8) is 0 Å². The molecule has 0 bridgehead atoms. The maximum atomic E-state index is 14.0. The Morgan fingerprint density at radius 3 is 2.59 bits per heavy atom. The summed E-state index contributed by atoms with van der Waals surface area (Å²) in [5, 5.41) is 12.2. The van der Waals surface area contributed by atoms with E-state index < -0.39 is 6.09 Å². The minimum Gasteiger partial charge on any atom is -0.496 e. The Morgan fingerprint density at radius 1 is 1.06 bits per heavy atom. The van der Waals surface area contributed by atoms with Crippen LogP contribution in [0.25, 0.3) is 55.4 Å². The Hall–Kier alpha value is -5.59. The van der Waals surface area contributed by atoms with Gasteiger partial charge >= 0.3 is 11.8 Å². The van der Waals surface area contributed by atoms with Gasteiger partial charge < -0.3 is 25.1 Å². The molecule has 4 heterocycles. The minimum atomic E-state index is -0.482. The predicted octanol–water partition coefficient (Wildman–Crippen LogP) is 5.69. The van der Waals surface area contributed by atoms with Crippen molar-refractivity contribution in [1.29, 1.82) is 0 Å². The smallest absolute Gasteiger partial charge is 0.407 e. The van der Waals surface area contributed by atoms with Crippen LogP contribution >= 0.6 is 0 Å². The van der Waals surface area contributed by atoms with Gasteiger partial charge in [-0.1, -0.05) is 12.1 Å². The van der Waals surface area contributed by atoms with E-state index in [4.69, 9.17) is 14.5 Å². The van der Waals surface area contributed by atoms with Crippen LogP contribution in [-0.2, 0) is 11.8 Å². The summed E-state index contributed by atoms with van der Waals surface area (Å²) in [7, 11) is 4.66. The summed E-state index contributed by atoms with van der Waals surface area (Å²) in [5.41, 5.74) is 6.72. The number of ether oxygens (including phenoxy) is 2. The number of nitrogens with zero attached hydrogens (tertiary/aromatic N) is 5. The van der Waals surface area contributed by atoms with Gasteiger partial charge in [0, 0.05) is 48.2 Å². The van der Waals surface area contributed by atoms with Crippen LogP contribution in [0.5, 0.6) is 5.75 Å². The first-order valence-corrected chi connectivity index (χ1v) is 16.5. The number of aromatic amines is 1. The molecule has 49 heavy (non-hydrogen) atoms. The molecule has 2 atom stereocenters. The highest BCUT2D eigenvalue weighted by Crippen LogP contribution is 2.44. The van der Waals surface area contributed by atoms with Crippen molar-refractivity contribution in [2.45, 2.75) is 58.2 Å². The molecule has 3 N–H and O–H groups in total. The number of methoxy groups -OCH3 is 2. The van der Waals surface area contributed by atoms with Gasteiger partial charge in [0.15, 0.2) is 0 Å². The molecule has 1 aliphatic carbocycles. The van der Waals surface area contributed by atoms with E-state index in [1.54, 1.807) is 31.0 Å². The average Bonchev–Trinajstić information content (AvgIpc) is 3.88. The van der Waals surface area contributed by atoms with Gasteiger partial charge in [-0.15, -0.1) is 0 Å². The van der Waals surface area contributed by atoms with Gasteiger partial charge in [-0.2, -0.15) is 5.10 Å². The zero-order valence-electron chi connectivity index (χ0n) is 28.5. The summed E-state index contributed by atoms with van der Waals surface area (Å²) >= 11 is 0. The zero-order valence-corrected chi connectivity index (χ0v) is 28.5. The van der Waals surface area contributed by atoms with Gasteiger partial charge in [0.05, 0.1) is 59.8 Å². The molecule has 2 amide bonds. The molecule has 2 aromatic carbocycles. The highest BCUT2D eigenvalue weighted by atomic mass is 16.5. The molecule has 0 unspecified atom stereocenters. The fraction of sp³-hybridized carbons (Fsp3) is 0.361. The van der Waals surface area contributed by atoms with E-state index in [0.717, 1.165) is 50.6 Å². The number of amides is 2. The van der Waals surface area contributed by atoms with E-state index in [0.29, 0.717) is 41.9 Å². The number of pyridine rings is 1. The first kappa shape index (κ1) is 32.0. The van der Waals surface area contributed by atoms with E-state index in [2.05, 4.69) is 52.8 Å². The van der Waals surface area contributed by atoms with E-state index in [9.17, 15) is 14.4 Å². The normalized spacial score (nSPS) is 16.2. The summed E-state index contributed by atoms with van der Waals surface area (Å²) in [6.07, 6.45) is 5.14. The summed E-state index contributed by atoms with van der Waals surface area (Å²) < 4.78 is 16.1. The number of imidazole rings is 1. The zero-order chi connectivity index (χ0) is 34.6. The Balaban J connectivity index is 1.50. The fourth-order valence-electron chi connectivity index (χ4n) is 7.28. The maximum absolute atomic E-state index is 14.0. The first-order valence-electron chi connectivity index (χ1n) is 16.5. The molecule has 0 spiro atoms. The number of hydrogen-bond acceptors (Lipinski definition) is 7. The van der Waals surface area contributed by atoms with Crippen LogP contribution in [0.15, 0.2) is 53.6 Å². The predicted molar refractivity (Wildman–Crippen MR) is 188 cm³/mol. The monoisotopic (exact) mass is 664 g/mol. The molecule has 1 aliphatic rings. The highest BCUT2D eigenvalue weighted by Gasteiger charge is 2.32. The number of nitrogens with one attached hydrogen (secondary N) is 3. The molecule has 13 heteroatoms. The molecular weight excluding hydrogens is 624 g/mol. The maximum Gasteiger partial charge on any atom is 0.407 e. The number of carbonyl (C=O) groups excluding carboxylic acids is 2. The van der Waals surface area contributed by atoms with Gasteiger partial charge in [0.2, 0.25) is 0 Å². The minimum absolute atomic E-state index is 0.117. The van der Waals surface area contributed by atoms with Gasteiger partial charge in [-0.05, 0) is 69.9 Å². The number of aromatic nitrogens is 6. The number of alkyl carbamates (subject to hydrolysis) is 1. The number of rotatable bonds is 8. The van der Waals surface area contributed by atoms with Gasteiger partial charge in [0.1, 0.15) is 11.4 Å². The Bertz CT molecular complexity index is 2310. The number of fused-ring (bicyclic) bond motifs is 4. The number of aryl methyl sites for hydroxylation is 1. The van der Waals surface area contributed by atoms with Gasteiger partial charge in [0.25, 0.3) is 5.91 Å². The van der Waals surface area contributed by atoms with Crippen molar-refractivity contribution in [2.75, 3.05) is 20.8 Å². The van der Waals surface area contributed by atoms with Gasteiger partial charge in [-0.25, -0.2) is 14.6 Å². The lowest BCUT2D eigenvalue weighted by atomic mass is 9.96. The van der Waals surface area contributed by atoms with Crippen LogP contribution in [0.3, 0.4) is 0 Å². The Labute approximate surface area is 282 Å². The third-order valence-corrected chi connectivity index (χ3v) is 9.59. The van der Waals surface area contributed by atoms with Crippen molar-refractivity contribution >= 4 is 45.0 Å². The molecule has 1 fully saturated rings. The Morgan fingerprint density at radius 2 is 1.86 bits per heavy atom. The Kier molecular flexibility index (Phi) is 8.13. The molecule has 7 rings (SSSR count). The summed E-state index contributed by atoms with van der Waals surface area (Å²) in [5.74, 6) is 0.218.